The third-order valence-corrected chi connectivity index (χ3v) is 4.59. The number of halogens is 1. The van der Waals surface area contributed by atoms with E-state index in [1.807, 2.05) is 60.7 Å². The van der Waals surface area contributed by atoms with E-state index in [0.29, 0.717) is 5.52 Å². The van der Waals surface area contributed by atoms with Crippen LogP contribution in [0, 0.1) is 5.82 Å². The van der Waals surface area contributed by atoms with Gasteiger partial charge in [-0.1, -0.05) is 60.7 Å². The molecular weight excluding hydrogens is 337 g/mol. The van der Waals surface area contributed by atoms with E-state index in [1.165, 1.54) is 23.6 Å². The Bertz CT molecular complexity index is 1140. The van der Waals surface area contributed by atoms with Gasteiger partial charge in [-0.2, -0.15) is 0 Å². The van der Waals surface area contributed by atoms with Crippen LogP contribution in [0.3, 0.4) is 0 Å². The summed E-state index contributed by atoms with van der Waals surface area (Å²) in [7, 11) is 0. The highest BCUT2D eigenvalue weighted by Gasteiger charge is 2.16. The molecule has 4 aromatic rings. The minimum Gasteiger partial charge on any atom is -0.287 e. The van der Waals surface area contributed by atoms with Crippen molar-refractivity contribution in [3.8, 4) is 0 Å². The molecule has 0 aliphatic carbocycles. The fourth-order valence-corrected chi connectivity index (χ4v) is 3.33. The molecule has 27 heavy (non-hydrogen) atoms. The van der Waals surface area contributed by atoms with Crippen LogP contribution in [0.25, 0.3) is 22.6 Å². The first-order valence-electron chi connectivity index (χ1n) is 8.77. The highest BCUT2D eigenvalue weighted by atomic mass is 19.1. The van der Waals surface area contributed by atoms with Gasteiger partial charge in [0, 0.05) is 24.1 Å². The van der Waals surface area contributed by atoms with E-state index in [9.17, 15) is 9.18 Å². The van der Waals surface area contributed by atoms with Crippen molar-refractivity contribution in [1.29, 1.82) is 0 Å². The van der Waals surface area contributed by atoms with Crippen molar-refractivity contribution in [3.63, 3.8) is 0 Å². The highest BCUT2D eigenvalue weighted by molar-refractivity contribution is 6.05. The lowest BCUT2D eigenvalue weighted by Gasteiger charge is -2.08. The van der Waals surface area contributed by atoms with Crippen LogP contribution in [0.15, 0.2) is 85.1 Å². The van der Waals surface area contributed by atoms with Crippen molar-refractivity contribution in [1.82, 2.24) is 4.57 Å². The van der Waals surface area contributed by atoms with Crippen LogP contribution < -0.4 is 0 Å². The molecule has 0 atom stereocenters. The lowest BCUT2D eigenvalue weighted by Crippen LogP contribution is -2.03. The van der Waals surface area contributed by atoms with Gasteiger partial charge in [-0.3, -0.25) is 9.36 Å². The van der Waals surface area contributed by atoms with Crippen molar-refractivity contribution in [2.24, 2.45) is 0 Å². The molecular formula is C24H18FNO. The maximum absolute atomic E-state index is 13.8. The summed E-state index contributed by atoms with van der Waals surface area (Å²) in [5.74, 6) is -0.507. The fourth-order valence-electron chi connectivity index (χ4n) is 3.33. The van der Waals surface area contributed by atoms with Gasteiger partial charge in [0.05, 0.1) is 5.52 Å². The molecule has 1 aromatic heterocycles. The summed E-state index contributed by atoms with van der Waals surface area (Å²) >= 11 is 0. The zero-order valence-electron chi connectivity index (χ0n) is 14.9. The van der Waals surface area contributed by atoms with Gasteiger partial charge >= 0.3 is 0 Å². The van der Waals surface area contributed by atoms with E-state index in [2.05, 4.69) is 6.08 Å². The maximum atomic E-state index is 13.8. The molecule has 1 heterocycles. The predicted molar refractivity (Wildman–Crippen MR) is 108 cm³/mol. The predicted octanol–water partition coefficient (Wildman–Crippen LogP) is 6.03. The summed E-state index contributed by atoms with van der Waals surface area (Å²) in [6.07, 6.45) is 3.89. The zero-order valence-corrected chi connectivity index (χ0v) is 14.9. The minimum absolute atomic E-state index is 0.149. The van der Waals surface area contributed by atoms with Crippen LogP contribution in [0.5, 0.6) is 0 Å². The molecule has 0 saturated heterocycles. The summed E-state index contributed by atoms with van der Waals surface area (Å²) in [5, 5.41) is 0.845. The molecule has 0 spiro atoms. The monoisotopic (exact) mass is 355 g/mol. The number of aromatic nitrogens is 1. The Hall–Kier alpha value is -3.46. The number of nitrogens with zero attached hydrogens (tertiary/aromatic N) is 1. The van der Waals surface area contributed by atoms with Crippen molar-refractivity contribution in [2.45, 2.75) is 6.92 Å². The summed E-state index contributed by atoms with van der Waals surface area (Å²) in [6.45, 7) is 1.48. The molecule has 0 aliphatic heterocycles. The minimum atomic E-state index is -0.358. The molecule has 3 aromatic carbocycles. The normalized spacial score (nSPS) is 11.7. The average Bonchev–Trinajstić information content (AvgIpc) is 3.06. The molecule has 0 fully saturated rings. The number of benzene rings is 3. The van der Waals surface area contributed by atoms with Crippen LogP contribution in [0.4, 0.5) is 4.39 Å². The average molecular weight is 355 g/mol. The topological polar surface area (TPSA) is 22.0 Å². The van der Waals surface area contributed by atoms with Crippen molar-refractivity contribution >= 4 is 28.5 Å². The van der Waals surface area contributed by atoms with Gasteiger partial charge < -0.3 is 0 Å². The number of fused-ring (bicyclic) bond motifs is 1. The van der Waals surface area contributed by atoms with Gasteiger partial charge in [0.15, 0.2) is 0 Å². The van der Waals surface area contributed by atoms with Gasteiger partial charge in [-0.15, -0.1) is 0 Å². The molecule has 2 nitrogen and oxygen atoms in total. The molecule has 3 heteroatoms. The summed E-state index contributed by atoms with van der Waals surface area (Å²) in [4.78, 5) is 12.1. The first-order chi connectivity index (χ1) is 13.1. The van der Waals surface area contributed by atoms with Gasteiger partial charge in [0.25, 0.3) is 0 Å². The second-order valence-electron chi connectivity index (χ2n) is 6.43. The van der Waals surface area contributed by atoms with Gasteiger partial charge in [0.2, 0.25) is 5.91 Å². The van der Waals surface area contributed by atoms with Crippen LogP contribution >= 0.6 is 0 Å². The van der Waals surface area contributed by atoms with E-state index < -0.39 is 0 Å². The summed E-state index contributed by atoms with van der Waals surface area (Å²) in [6, 6.07) is 24.6. The third-order valence-electron chi connectivity index (χ3n) is 4.59. The van der Waals surface area contributed by atoms with Gasteiger partial charge in [-0.05, 0) is 41.0 Å². The van der Waals surface area contributed by atoms with Crippen molar-refractivity contribution < 1.29 is 9.18 Å². The molecule has 0 unspecified atom stereocenters. The Morgan fingerprint density at radius 2 is 1.59 bits per heavy atom. The number of hydrogen-bond donors (Lipinski definition) is 0. The lowest BCUT2D eigenvalue weighted by atomic mass is 9.95. The molecule has 0 bridgehead atoms. The maximum Gasteiger partial charge on any atom is 0.227 e. The van der Waals surface area contributed by atoms with Crippen LogP contribution in [-0.4, -0.2) is 10.5 Å². The van der Waals surface area contributed by atoms with E-state index in [4.69, 9.17) is 0 Å². The third kappa shape index (κ3) is 3.32. The molecule has 132 valence electrons. The Morgan fingerprint density at radius 1 is 0.926 bits per heavy atom. The van der Waals surface area contributed by atoms with Crippen LogP contribution in [-0.2, 0) is 0 Å². The lowest BCUT2D eigenvalue weighted by molar-refractivity contribution is 0.0941. The summed E-state index contributed by atoms with van der Waals surface area (Å²) in [5.41, 5.74) is 4.55. The Balaban J connectivity index is 2.02. The van der Waals surface area contributed by atoms with Crippen molar-refractivity contribution in [3.05, 3.63) is 108 Å². The summed E-state index contributed by atoms with van der Waals surface area (Å²) < 4.78 is 15.3. The van der Waals surface area contributed by atoms with E-state index in [-0.39, 0.29) is 11.7 Å². The smallest absolute Gasteiger partial charge is 0.227 e. The van der Waals surface area contributed by atoms with E-state index in [1.54, 1.807) is 12.3 Å². The highest BCUT2D eigenvalue weighted by Crippen LogP contribution is 2.33. The van der Waals surface area contributed by atoms with Gasteiger partial charge in [-0.25, -0.2) is 4.39 Å². The Kier molecular flexibility index (Phi) is 4.43. The largest absolute Gasteiger partial charge is 0.287 e. The van der Waals surface area contributed by atoms with E-state index >= 15 is 0 Å². The first kappa shape index (κ1) is 17.0. The quantitative estimate of drug-likeness (QED) is 0.411. The number of carbonyl (C=O) groups excluding carboxylic acids is 1. The number of hydrogen-bond acceptors (Lipinski definition) is 1. The second kappa shape index (κ2) is 7.04. The molecule has 4 rings (SSSR count). The standard InChI is InChI=1S/C24H18FNO/c1-17(27)26-16-23(21-13-12-20(25)15-24(21)26)22(19-10-6-3-7-11-19)14-18-8-4-2-5-9-18/h2-16H,1H3/b22-14+. The Morgan fingerprint density at radius 3 is 2.26 bits per heavy atom. The van der Waals surface area contributed by atoms with Gasteiger partial charge in [0.1, 0.15) is 5.82 Å². The molecule has 0 radical (unpaired) electrons. The second-order valence-corrected chi connectivity index (χ2v) is 6.43. The number of rotatable bonds is 3. The molecule has 0 aliphatic rings. The van der Waals surface area contributed by atoms with Crippen molar-refractivity contribution in [2.75, 3.05) is 0 Å². The molecule has 0 amide bonds. The van der Waals surface area contributed by atoms with Crippen LogP contribution in [0.2, 0.25) is 0 Å². The first-order valence-corrected chi connectivity index (χ1v) is 8.77. The zero-order chi connectivity index (χ0) is 18.8. The fraction of sp³-hybridized carbons (Fsp3) is 0.0417. The number of carbonyl (C=O) groups is 1. The molecule has 0 saturated carbocycles. The Labute approximate surface area is 157 Å². The molecule has 0 N–H and O–H groups in total. The van der Waals surface area contributed by atoms with E-state index in [0.717, 1.165) is 27.6 Å². The SMILES string of the molecule is CC(=O)n1cc(/C(=C/c2ccccc2)c2ccccc2)c2ccc(F)cc21. The van der Waals surface area contributed by atoms with Crippen LogP contribution in [0.1, 0.15) is 28.4 Å².